The molecule has 32 heavy (non-hydrogen) atoms. The standard InChI is InChI=1S/C24H23NO6S/c1-2-31-23(26)24(17-19-9-5-3-6-10-19,18-20-11-7-4-8-12-20)32(29,30)22-15-13-21(14-16-22)25(27)28/h3-16H,2,17-18H2,1H3. The van der Waals surface area contributed by atoms with Gasteiger partial charge in [-0.25, -0.2) is 8.42 Å². The van der Waals surface area contributed by atoms with Crippen LogP contribution in [0, 0.1) is 10.1 Å². The van der Waals surface area contributed by atoms with Crippen LogP contribution in [0.4, 0.5) is 5.69 Å². The summed E-state index contributed by atoms with van der Waals surface area (Å²) in [5.74, 6) is -0.856. The van der Waals surface area contributed by atoms with E-state index in [-0.39, 0.29) is 30.0 Å². The molecule has 0 aromatic heterocycles. The highest BCUT2D eigenvalue weighted by Gasteiger charge is 2.52. The Morgan fingerprint density at radius 2 is 1.34 bits per heavy atom. The van der Waals surface area contributed by atoms with Crippen LogP contribution in [0.3, 0.4) is 0 Å². The molecule has 3 aromatic carbocycles. The number of ether oxygens (including phenoxy) is 1. The number of esters is 1. The Kier molecular flexibility index (Phi) is 7.05. The molecule has 0 amide bonds. The fraction of sp³-hybridized carbons (Fsp3) is 0.208. The second kappa shape index (κ2) is 9.74. The SMILES string of the molecule is CCOC(=O)C(Cc1ccccc1)(Cc1ccccc1)S(=O)(=O)c1ccc([N+](=O)[O-])cc1. The molecule has 0 heterocycles. The molecule has 0 N–H and O–H groups in total. The molecule has 0 aliphatic heterocycles. The van der Waals surface area contributed by atoms with E-state index in [1.165, 1.54) is 0 Å². The van der Waals surface area contributed by atoms with E-state index in [1.807, 2.05) is 0 Å². The molecule has 166 valence electrons. The monoisotopic (exact) mass is 453 g/mol. The molecule has 3 aromatic rings. The van der Waals surface area contributed by atoms with Crippen LogP contribution in [-0.4, -0.2) is 30.7 Å². The summed E-state index contributed by atoms with van der Waals surface area (Å²) in [4.78, 5) is 23.6. The van der Waals surface area contributed by atoms with E-state index in [4.69, 9.17) is 4.74 Å². The zero-order chi connectivity index (χ0) is 23.2. The maximum Gasteiger partial charge on any atom is 0.328 e. The van der Waals surface area contributed by atoms with Crippen molar-refractivity contribution in [3.05, 3.63) is 106 Å². The summed E-state index contributed by atoms with van der Waals surface area (Å²) in [6.07, 6.45) is -0.220. The van der Waals surface area contributed by atoms with E-state index in [1.54, 1.807) is 67.6 Å². The van der Waals surface area contributed by atoms with Gasteiger partial charge in [-0.2, -0.15) is 0 Å². The topological polar surface area (TPSA) is 104 Å². The Morgan fingerprint density at radius 3 is 1.75 bits per heavy atom. The third-order valence-corrected chi connectivity index (χ3v) is 7.56. The van der Waals surface area contributed by atoms with Gasteiger partial charge < -0.3 is 4.74 Å². The summed E-state index contributed by atoms with van der Waals surface area (Å²) in [7, 11) is -4.32. The summed E-state index contributed by atoms with van der Waals surface area (Å²) >= 11 is 0. The van der Waals surface area contributed by atoms with Crippen molar-refractivity contribution in [3.63, 3.8) is 0 Å². The number of sulfone groups is 1. The minimum absolute atomic E-state index is 0.0138. The lowest BCUT2D eigenvalue weighted by atomic mass is 9.91. The lowest BCUT2D eigenvalue weighted by Crippen LogP contribution is -2.51. The molecule has 0 fully saturated rings. The zero-order valence-corrected chi connectivity index (χ0v) is 18.3. The van der Waals surface area contributed by atoms with Crippen molar-refractivity contribution >= 4 is 21.5 Å². The summed E-state index contributed by atoms with van der Waals surface area (Å²) in [5, 5.41) is 11.0. The van der Waals surface area contributed by atoms with Crippen LogP contribution in [0.15, 0.2) is 89.8 Å². The van der Waals surface area contributed by atoms with Crippen LogP contribution in [0.5, 0.6) is 0 Å². The lowest BCUT2D eigenvalue weighted by molar-refractivity contribution is -0.384. The Labute approximate surface area is 186 Å². The summed E-state index contributed by atoms with van der Waals surface area (Å²) in [6, 6.07) is 22.3. The number of carbonyl (C=O) groups is 1. The van der Waals surface area contributed by atoms with Gasteiger partial charge in [-0.3, -0.25) is 14.9 Å². The first-order chi connectivity index (χ1) is 15.3. The first kappa shape index (κ1) is 23.1. The molecule has 0 spiro atoms. The van der Waals surface area contributed by atoms with E-state index in [0.717, 1.165) is 24.3 Å². The molecule has 0 aliphatic carbocycles. The fourth-order valence-electron chi connectivity index (χ4n) is 3.59. The number of nitro groups is 1. The number of benzene rings is 3. The highest BCUT2D eigenvalue weighted by molar-refractivity contribution is 7.93. The maximum atomic E-state index is 14.0. The third-order valence-electron chi connectivity index (χ3n) is 5.18. The van der Waals surface area contributed by atoms with Gasteiger partial charge in [0.05, 0.1) is 16.4 Å². The van der Waals surface area contributed by atoms with Crippen molar-refractivity contribution in [1.29, 1.82) is 0 Å². The quantitative estimate of drug-likeness (QED) is 0.274. The Balaban J connectivity index is 2.21. The van der Waals surface area contributed by atoms with Crippen LogP contribution in [0.25, 0.3) is 0 Å². The smallest absolute Gasteiger partial charge is 0.328 e. The molecule has 0 saturated carbocycles. The minimum Gasteiger partial charge on any atom is -0.465 e. The molecule has 0 unspecified atom stereocenters. The molecule has 0 atom stereocenters. The van der Waals surface area contributed by atoms with Crippen molar-refractivity contribution in [2.24, 2.45) is 0 Å². The molecule has 8 heteroatoms. The van der Waals surface area contributed by atoms with Crippen molar-refractivity contribution in [3.8, 4) is 0 Å². The number of hydrogen-bond acceptors (Lipinski definition) is 6. The molecular weight excluding hydrogens is 430 g/mol. The Bertz CT molecular complexity index is 1130. The number of non-ortho nitro benzene ring substituents is 1. The van der Waals surface area contributed by atoms with Gasteiger partial charge >= 0.3 is 5.97 Å². The molecule has 0 radical (unpaired) electrons. The summed E-state index contributed by atoms with van der Waals surface area (Å²) in [5.41, 5.74) is 1.07. The summed E-state index contributed by atoms with van der Waals surface area (Å²) in [6.45, 7) is 1.63. The van der Waals surface area contributed by atoms with Crippen LogP contribution in [0.2, 0.25) is 0 Å². The Morgan fingerprint density at radius 1 is 0.875 bits per heavy atom. The van der Waals surface area contributed by atoms with Crippen molar-refractivity contribution < 1.29 is 22.9 Å². The Hall–Kier alpha value is -3.52. The first-order valence-corrected chi connectivity index (χ1v) is 11.5. The van der Waals surface area contributed by atoms with Gasteiger partial charge in [0.15, 0.2) is 14.6 Å². The highest BCUT2D eigenvalue weighted by Crippen LogP contribution is 2.35. The lowest BCUT2D eigenvalue weighted by Gasteiger charge is -2.31. The maximum absolute atomic E-state index is 14.0. The molecule has 0 saturated heterocycles. The normalized spacial score (nSPS) is 11.7. The predicted octanol–water partition coefficient (Wildman–Crippen LogP) is 4.16. The van der Waals surface area contributed by atoms with Gasteiger partial charge in [0.1, 0.15) is 0 Å². The molecule has 0 aliphatic rings. The highest BCUT2D eigenvalue weighted by atomic mass is 32.2. The first-order valence-electron chi connectivity index (χ1n) is 10.0. The number of hydrogen-bond donors (Lipinski definition) is 0. The van der Waals surface area contributed by atoms with E-state index in [0.29, 0.717) is 11.1 Å². The molecule has 3 rings (SSSR count). The van der Waals surface area contributed by atoms with Gasteiger partial charge in [-0.1, -0.05) is 60.7 Å². The van der Waals surface area contributed by atoms with E-state index in [2.05, 4.69) is 0 Å². The zero-order valence-electron chi connectivity index (χ0n) is 17.5. The van der Waals surface area contributed by atoms with E-state index < -0.39 is 25.5 Å². The van der Waals surface area contributed by atoms with Gasteiger partial charge in [0.2, 0.25) is 0 Å². The average molecular weight is 454 g/mol. The second-order valence-corrected chi connectivity index (χ2v) is 9.55. The largest absolute Gasteiger partial charge is 0.465 e. The fourth-order valence-corrected chi connectivity index (χ4v) is 5.53. The van der Waals surface area contributed by atoms with Gasteiger partial charge in [-0.05, 0) is 30.2 Å². The summed E-state index contributed by atoms with van der Waals surface area (Å²) < 4.78 is 31.3. The molecular formula is C24H23NO6S. The average Bonchev–Trinajstić information content (AvgIpc) is 2.80. The van der Waals surface area contributed by atoms with E-state index >= 15 is 0 Å². The van der Waals surface area contributed by atoms with Crippen LogP contribution < -0.4 is 0 Å². The molecule has 7 nitrogen and oxygen atoms in total. The van der Waals surface area contributed by atoms with Crippen molar-refractivity contribution in [2.75, 3.05) is 6.61 Å². The number of rotatable bonds is 9. The van der Waals surface area contributed by atoms with Gasteiger partial charge in [0, 0.05) is 25.0 Å². The molecule has 0 bridgehead atoms. The third kappa shape index (κ3) is 4.70. The van der Waals surface area contributed by atoms with Crippen molar-refractivity contribution in [1.82, 2.24) is 0 Å². The van der Waals surface area contributed by atoms with Crippen LogP contribution in [-0.2, 0) is 32.2 Å². The van der Waals surface area contributed by atoms with E-state index in [9.17, 15) is 23.3 Å². The van der Waals surface area contributed by atoms with Gasteiger partial charge in [-0.15, -0.1) is 0 Å². The predicted molar refractivity (Wildman–Crippen MR) is 120 cm³/mol. The minimum atomic E-state index is -4.32. The van der Waals surface area contributed by atoms with Crippen LogP contribution >= 0.6 is 0 Å². The number of nitrogens with zero attached hydrogens (tertiary/aromatic N) is 1. The van der Waals surface area contributed by atoms with Crippen LogP contribution in [0.1, 0.15) is 18.1 Å². The number of nitro benzene ring substituents is 1. The van der Waals surface area contributed by atoms with Crippen molar-refractivity contribution in [2.45, 2.75) is 29.4 Å². The number of carbonyl (C=O) groups excluding carboxylic acids is 1. The van der Waals surface area contributed by atoms with Gasteiger partial charge in [0.25, 0.3) is 5.69 Å². The second-order valence-electron chi connectivity index (χ2n) is 7.29.